The molecule has 0 saturated carbocycles. The topological polar surface area (TPSA) is 108 Å². The molecule has 3 rings (SSSR count). The average molecular weight is 503 g/mol. The number of carbonyl (C=O) groups excluding carboxylic acids is 1. The van der Waals surface area contributed by atoms with Crippen molar-refractivity contribution in [2.45, 2.75) is 12.5 Å². The molecular weight excluding hydrogens is 484 g/mol. The molecule has 0 spiro atoms. The molecule has 1 amide bonds. The van der Waals surface area contributed by atoms with E-state index in [0.717, 1.165) is 5.56 Å². The minimum atomic E-state index is -0.964. The standard InChI is InChI=1S/C25H19BrN4O3/c1-32-23-11-20(15-29-30-25(31)21(14-28)17-7-3-2-4-8-17)22(26)12-24(23)33-16-19-10-6-5-9-18(19)13-27/h2-12,15,21H,16H2,1H3,(H,30,31)/b29-15-/t21-/m1/s1. The Hall–Kier alpha value is -4.14. The Kier molecular flexibility index (Phi) is 8.18. The van der Waals surface area contributed by atoms with Crippen LogP contribution in [0.25, 0.3) is 0 Å². The fourth-order valence-electron chi connectivity index (χ4n) is 2.99. The predicted octanol–water partition coefficient (Wildman–Crippen LogP) is 4.67. The van der Waals surface area contributed by atoms with Crippen LogP contribution in [0.3, 0.4) is 0 Å². The third kappa shape index (κ3) is 5.97. The third-order valence-corrected chi connectivity index (χ3v) is 5.39. The van der Waals surface area contributed by atoms with Crippen molar-refractivity contribution in [1.82, 2.24) is 5.43 Å². The molecule has 0 aliphatic heterocycles. The molecule has 0 saturated heterocycles. The molecule has 0 unspecified atom stereocenters. The summed E-state index contributed by atoms with van der Waals surface area (Å²) in [5, 5.41) is 22.6. The van der Waals surface area contributed by atoms with E-state index >= 15 is 0 Å². The van der Waals surface area contributed by atoms with Crippen molar-refractivity contribution >= 4 is 28.1 Å². The number of benzene rings is 3. The van der Waals surface area contributed by atoms with Gasteiger partial charge in [-0.05, 0) is 39.7 Å². The van der Waals surface area contributed by atoms with Crippen LogP contribution in [0.15, 0.2) is 76.3 Å². The average Bonchev–Trinajstić information content (AvgIpc) is 2.85. The first-order valence-electron chi connectivity index (χ1n) is 9.83. The van der Waals surface area contributed by atoms with Crippen LogP contribution in [0.4, 0.5) is 0 Å². The van der Waals surface area contributed by atoms with E-state index < -0.39 is 11.8 Å². The van der Waals surface area contributed by atoms with E-state index in [2.05, 4.69) is 32.5 Å². The first-order valence-corrected chi connectivity index (χ1v) is 10.6. The summed E-state index contributed by atoms with van der Waals surface area (Å²) in [6.45, 7) is 0.199. The van der Waals surface area contributed by atoms with Gasteiger partial charge >= 0.3 is 0 Å². The summed E-state index contributed by atoms with van der Waals surface area (Å²) >= 11 is 3.47. The number of ether oxygens (including phenoxy) is 2. The first-order chi connectivity index (χ1) is 16.1. The zero-order chi connectivity index (χ0) is 23.6. The Morgan fingerprint density at radius 3 is 2.55 bits per heavy atom. The molecule has 0 heterocycles. The zero-order valence-electron chi connectivity index (χ0n) is 17.7. The van der Waals surface area contributed by atoms with Crippen LogP contribution in [0.1, 0.15) is 28.2 Å². The van der Waals surface area contributed by atoms with Gasteiger partial charge in [0.2, 0.25) is 0 Å². The number of nitrogens with zero attached hydrogens (tertiary/aromatic N) is 3. The molecule has 0 aliphatic rings. The fourth-order valence-corrected chi connectivity index (χ4v) is 3.42. The lowest BCUT2D eigenvalue weighted by Crippen LogP contribution is -2.24. The van der Waals surface area contributed by atoms with Crippen LogP contribution in [-0.2, 0) is 11.4 Å². The van der Waals surface area contributed by atoms with E-state index in [1.54, 1.807) is 48.5 Å². The molecule has 3 aromatic rings. The third-order valence-electron chi connectivity index (χ3n) is 4.71. The van der Waals surface area contributed by atoms with Crippen LogP contribution in [0, 0.1) is 22.7 Å². The summed E-state index contributed by atoms with van der Waals surface area (Å²) < 4.78 is 12.0. The number of methoxy groups -OCH3 is 1. The van der Waals surface area contributed by atoms with Crippen molar-refractivity contribution in [3.05, 3.63) is 93.5 Å². The minimum absolute atomic E-state index is 0.199. The van der Waals surface area contributed by atoms with Crippen molar-refractivity contribution in [2.24, 2.45) is 5.10 Å². The number of nitriles is 2. The Labute approximate surface area is 200 Å². The maximum atomic E-state index is 12.4. The molecule has 0 bridgehead atoms. The number of hydrogen-bond acceptors (Lipinski definition) is 6. The van der Waals surface area contributed by atoms with Gasteiger partial charge in [0.25, 0.3) is 5.91 Å². The molecular formula is C25H19BrN4O3. The molecule has 7 nitrogen and oxygen atoms in total. The van der Waals surface area contributed by atoms with Crippen LogP contribution >= 0.6 is 15.9 Å². The van der Waals surface area contributed by atoms with Gasteiger partial charge in [-0.2, -0.15) is 15.6 Å². The normalized spacial score (nSPS) is 11.3. The van der Waals surface area contributed by atoms with Gasteiger partial charge in [-0.3, -0.25) is 4.79 Å². The molecule has 3 aromatic carbocycles. The molecule has 0 aliphatic carbocycles. The molecule has 0 radical (unpaired) electrons. The van der Waals surface area contributed by atoms with Crippen LogP contribution in [0.5, 0.6) is 11.5 Å². The summed E-state index contributed by atoms with van der Waals surface area (Å²) in [7, 11) is 1.51. The van der Waals surface area contributed by atoms with Crippen molar-refractivity contribution in [3.8, 4) is 23.6 Å². The summed E-state index contributed by atoms with van der Waals surface area (Å²) in [4.78, 5) is 12.4. The number of carbonyl (C=O) groups is 1. The second-order valence-corrected chi connectivity index (χ2v) is 7.64. The van der Waals surface area contributed by atoms with Gasteiger partial charge in [0.1, 0.15) is 6.61 Å². The van der Waals surface area contributed by atoms with E-state index in [9.17, 15) is 15.3 Å². The quantitative estimate of drug-likeness (QED) is 0.355. The smallest absolute Gasteiger partial charge is 0.261 e. The van der Waals surface area contributed by atoms with Crippen LogP contribution < -0.4 is 14.9 Å². The number of hydrazone groups is 1. The Morgan fingerprint density at radius 1 is 1.12 bits per heavy atom. The van der Waals surface area contributed by atoms with Gasteiger partial charge < -0.3 is 9.47 Å². The van der Waals surface area contributed by atoms with E-state index in [-0.39, 0.29) is 6.61 Å². The number of nitrogens with one attached hydrogen (secondary N) is 1. The van der Waals surface area contributed by atoms with Gasteiger partial charge in [0, 0.05) is 15.6 Å². The molecule has 33 heavy (non-hydrogen) atoms. The number of rotatable bonds is 8. The van der Waals surface area contributed by atoms with Gasteiger partial charge in [-0.15, -0.1) is 0 Å². The number of amides is 1. The number of halogens is 1. The van der Waals surface area contributed by atoms with Crippen LogP contribution in [0.2, 0.25) is 0 Å². The monoisotopic (exact) mass is 502 g/mol. The van der Waals surface area contributed by atoms with Crippen molar-refractivity contribution < 1.29 is 14.3 Å². The van der Waals surface area contributed by atoms with E-state index in [4.69, 9.17) is 9.47 Å². The first kappa shape index (κ1) is 23.5. The Bertz CT molecular complexity index is 1250. The molecule has 1 N–H and O–H groups in total. The second kappa shape index (κ2) is 11.5. The lowest BCUT2D eigenvalue weighted by Gasteiger charge is -2.13. The summed E-state index contributed by atoms with van der Waals surface area (Å²) in [5.41, 5.74) is 4.93. The lowest BCUT2D eigenvalue weighted by molar-refractivity contribution is -0.121. The Balaban J connectivity index is 1.71. The fraction of sp³-hybridized carbons (Fsp3) is 0.120. The largest absolute Gasteiger partial charge is 0.493 e. The van der Waals surface area contributed by atoms with Gasteiger partial charge in [-0.25, -0.2) is 5.43 Å². The molecule has 164 valence electrons. The lowest BCUT2D eigenvalue weighted by atomic mass is 10.0. The van der Waals surface area contributed by atoms with Crippen molar-refractivity contribution in [1.29, 1.82) is 10.5 Å². The molecule has 8 heteroatoms. The van der Waals surface area contributed by atoms with E-state index in [0.29, 0.717) is 32.7 Å². The van der Waals surface area contributed by atoms with Gasteiger partial charge in [0.15, 0.2) is 17.4 Å². The zero-order valence-corrected chi connectivity index (χ0v) is 19.2. The van der Waals surface area contributed by atoms with E-state index in [1.807, 2.05) is 24.3 Å². The van der Waals surface area contributed by atoms with Gasteiger partial charge in [-0.1, -0.05) is 48.5 Å². The maximum Gasteiger partial charge on any atom is 0.261 e. The predicted molar refractivity (Wildman–Crippen MR) is 127 cm³/mol. The highest BCUT2D eigenvalue weighted by atomic mass is 79.9. The SMILES string of the molecule is COc1cc(/C=N\NC(=O)[C@H](C#N)c2ccccc2)c(Br)cc1OCc1ccccc1C#N. The molecule has 1 atom stereocenters. The summed E-state index contributed by atoms with van der Waals surface area (Å²) in [5.74, 6) is -0.556. The highest BCUT2D eigenvalue weighted by Gasteiger charge is 2.19. The minimum Gasteiger partial charge on any atom is -0.493 e. The van der Waals surface area contributed by atoms with Gasteiger partial charge in [0.05, 0.1) is 31.0 Å². The molecule has 0 fully saturated rings. The Morgan fingerprint density at radius 2 is 1.85 bits per heavy atom. The van der Waals surface area contributed by atoms with Crippen LogP contribution in [-0.4, -0.2) is 19.2 Å². The highest BCUT2D eigenvalue weighted by molar-refractivity contribution is 9.10. The highest BCUT2D eigenvalue weighted by Crippen LogP contribution is 2.33. The number of hydrogen-bond donors (Lipinski definition) is 1. The summed E-state index contributed by atoms with van der Waals surface area (Å²) in [6.07, 6.45) is 1.44. The van der Waals surface area contributed by atoms with E-state index in [1.165, 1.54) is 13.3 Å². The summed E-state index contributed by atoms with van der Waals surface area (Å²) in [6, 6.07) is 23.5. The van der Waals surface area contributed by atoms with Crippen molar-refractivity contribution in [2.75, 3.05) is 7.11 Å². The molecule has 0 aromatic heterocycles. The maximum absolute atomic E-state index is 12.4. The second-order valence-electron chi connectivity index (χ2n) is 6.79. The van der Waals surface area contributed by atoms with Crippen molar-refractivity contribution in [3.63, 3.8) is 0 Å².